The summed E-state index contributed by atoms with van der Waals surface area (Å²) in [5.74, 6) is -0.567. The molecule has 0 saturated carbocycles. The zero-order valence-electron chi connectivity index (χ0n) is 15.0. The van der Waals surface area contributed by atoms with Gasteiger partial charge in [-0.3, -0.25) is 0 Å². The molecule has 27 heavy (non-hydrogen) atoms. The molecule has 1 fully saturated rings. The van der Waals surface area contributed by atoms with Gasteiger partial charge in [0.2, 0.25) is 0 Å². The minimum atomic E-state index is -3.90. The second kappa shape index (κ2) is 7.10. The van der Waals surface area contributed by atoms with Gasteiger partial charge in [-0.1, -0.05) is 24.3 Å². The monoisotopic (exact) mass is 390 g/mol. The maximum absolute atomic E-state index is 14.4. The van der Waals surface area contributed by atoms with Crippen LogP contribution >= 0.6 is 0 Å². The Kier molecular flexibility index (Phi) is 4.79. The number of hydrogen-bond donors (Lipinski definition) is 1. The number of halogens is 1. The van der Waals surface area contributed by atoms with Crippen LogP contribution in [0.5, 0.6) is 0 Å². The Morgan fingerprint density at radius 3 is 2.19 bits per heavy atom. The molecule has 6 nitrogen and oxygen atoms in total. The SMILES string of the molecule is NC1CCN(CCN2c3ccccc3N(c3ccccc3F)S2(=O)=O)CC1. The summed E-state index contributed by atoms with van der Waals surface area (Å²) in [5.41, 5.74) is 7.03. The van der Waals surface area contributed by atoms with Crippen molar-refractivity contribution in [2.45, 2.75) is 18.9 Å². The lowest BCUT2D eigenvalue weighted by Crippen LogP contribution is -2.45. The third-order valence-corrected chi connectivity index (χ3v) is 6.99. The molecule has 2 aromatic carbocycles. The van der Waals surface area contributed by atoms with E-state index in [9.17, 15) is 12.8 Å². The van der Waals surface area contributed by atoms with Crippen LogP contribution in [-0.2, 0) is 10.2 Å². The summed E-state index contributed by atoms with van der Waals surface area (Å²) in [6.07, 6.45) is 1.84. The Morgan fingerprint density at radius 1 is 0.926 bits per heavy atom. The molecular weight excluding hydrogens is 367 g/mol. The van der Waals surface area contributed by atoms with Gasteiger partial charge in [0.1, 0.15) is 5.82 Å². The van der Waals surface area contributed by atoms with Crippen LogP contribution in [0.1, 0.15) is 12.8 Å². The maximum Gasteiger partial charge on any atom is 0.331 e. The molecule has 2 aromatic rings. The van der Waals surface area contributed by atoms with Gasteiger partial charge in [-0.05, 0) is 50.2 Å². The second-order valence-corrected chi connectivity index (χ2v) is 8.67. The summed E-state index contributed by atoms with van der Waals surface area (Å²) in [7, 11) is -3.90. The largest absolute Gasteiger partial charge is 0.331 e. The summed E-state index contributed by atoms with van der Waals surface area (Å²) < 4.78 is 43.4. The number of benzene rings is 2. The van der Waals surface area contributed by atoms with Gasteiger partial charge in [0.05, 0.1) is 17.1 Å². The lowest BCUT2D eigenvalue weighted by molar-refractivity contribution is 0.219. The molecule has 0 aromatic heterocycles. The van der Waals surface area contributed by atoms with E-state index in [1.165, 1.54) is 16.4 Å². The fraction of sp³-hybridized carbons (Fsp3) is 0.368. The van der Waals surface area contributed by atoms with Gasteiger partial charge in [-0.2, -0.15) is 8.42 Å². The molecule has 0 spiro atoms. The Labute approximate surface area is 159 Å². The first kappa shape index (κ1) is 18.2. The zero-order chi connectivity index (χ0) is 19.0. The molecule has 8 heteroatoms. The number of nitrogens with two attached hydrogens (primary N) is 1. The molecule has 1 saturated heterocycles. The highest BCUT2D eigenvalue weighted by Gasteiger charge is 2.42. The van der Waals surface area contributed by atoms with Gasteiger partial charge in [-0.25, -0.2) is 13.0 Å². The van der Waals surface area contributed by atoms with Gasteiger partial charge >= 0.3 is 10.2 Å². The minimum absolute atomic E-state index is 0.0383. The number of piperidine rings is 1. The number of fused-ring (bicyclic) bond motifs is 1. The fourth-order valence-electron chi connectivity index (χ4n) is 3.71. The van der Waals surface area contributed by atoms with E-state index in [0.717, 1.165) is 30.2 Å². The van der Waals surface area contributed by atoms with Crippen molar-refractivity contribution < 1.29 is 12.8 Å². The first-order valence-corrected chi connectivity index (χ1v) is 10.5. The van der Waals surface area contributed by atoms with Crippen LogP contribution in [0.3, 0.4) is 0 Å². The van der Waals surface area contributed by atoms with Crippen molar-refractivity contribution in [2.75, 3.05) is 34.8 Å². The summed E-state index contributed by atoms with van der Waals surface area (Å²) in [4.78, 5) is 2.23. The van der Waals surface area contributed by atoms with Crippen LogP contribution in [0.15, 0.2) is 48.5 Å². The molecule has 0 radical (unpaired) electrons. The van der Waals surface area contributed by atoms with E-state index in [1.807, 2.05) is 0 Å². The third-order valence-electron chi connectivity index (χ3n) is 5.20. The molecule has 0 aliphatic carbocycles. The number of anilines is 3. The highest BCUT2D eigenvalue weighted by atomic mass is 32.2. The predicted molar refractivity (Wildman–Crippen MR) is 105 cm³/mol. The number of hydrogen-bond acceptors (Lipinski definition) is 4. The third kappa shape index (κ3) is 3.28. The van der Waals surface area contributed by atoms with E-state index in [4.69, 9.17) is 5.73 Å². The fourth-order valence-corrected chi connectivity index (χ4v) is 5.42. The molecule has 0 atom stereocenters. The topological polar surface area (TPSA) is 69.9 Å². The van der Waals surface area contributed by atoms with Crippen molar-refractivity contribution in [1.82, 2.24) is 4.90 Å². The molecule has 144 valence electrons. The molecular formula is C19H23FN4O2S. The average molecular weight is 390 g/mol. The predicted octanol–water partition coefficient (Wildman–Crippen LogP) is 2.45. The van der Waals surface area contributed by atoms with Crippen molar-refractivity contribution in [1.29, 1.82) is 0 Å². The molecule has 0 amide bonds. The number of likely N-dealkylation sites (tertiary alicyclic amines) is 1. The van der Waals surface area contributed by atoms with E-state index >= 15 is 0 Å². The van der Waals surface area contributed by atoms with Gasteiger partial charge < -0.3 is 10.6 Å². The molecule has 2 aliphatic heterocycles. The lowest BCUT2D eigenvalue weighted by Gasteiger charge is -2.31. The van der Waals surface area contributed by atoms with Crippen LogP contribution < -0.4 is 14.3 Å². The number of rotatable bonds is 4. The van der Waals surface area contributed by atoms with Crippen LogP contribution in [0, 0.1) is 5.82 Å². The van der Waals surface area contributed by atoms with E-state index in [1.54, 1.807) is 36.4 Å². The van der Waals surface area contributed by atoms with Crippen molar-refractivity contribution in [3.63, 3.8) is 0 Å². The Morgan fingerprint density at radius 2 is 1.52 bits per heavy atom. The highest BCUT2D eigenvalue weighted by molar-refractivity contribution is 7.95. The average Bonchev–Trinajstić information content (AvgIpc) is 2.88. The second-order valence-electron chi connectivity index (χ2n) is 6.96. The normalized spacial score (nSPS) is 20.1. The summed E-state index contributed by atoms with van der Waals surface area (Å²) in [6, 6.07) is 13.2. The van der Waals surface area contributed by atoms with Crippen LogP contribution in [0.2, 0.25) is 0 Å². The molecule has 2 N–H and O–H groups in total. The summed E-state index contributed by atoms with van der Waals surface area (Å²) >= 11 is 0. The summed E-state index contributed by atoms with van der Waals surface area (Å²) in [6.45, 7) is 2.67. The standard InChI is InChI=1S/C19H23FN4O2S/c20-16-5-1-2-6-17(16)24-19-8-4-3-7-18(19)23(27(24,25)26)14-13-22-11-9-15(21)10-12-22/h1-8,15H,9-14,21H2. The summed E-state index contributed by atoms with van der Waals surface area (Å²) in [5, 5.41) is 0. The van der Waals surface area contributed by atoms with E-state index in [-0.39, 0.29) is 11.7 Å². The zero-order valence-corrected chi connectivity index (χ0v) is 15.8. The van der Waals surface area contributed by atoms with Crippen molar-refractivity contribution in [2.24, 2.45) is 5.73 Å². The van der Waals surface area contributed by atoms with Crippen LogP contribution in [-0.4, -0.2) is 45.5 Å². The first-order chi connectivity index (χ1) is 13.0. The molecule has 4 rings (SSSR count). The first-order valence-electron chi connectivity index (χ1n) is 9.13. The minimum Gasteiger partial charge on any atom is -0.328 e. The van der Waals surface area contributed by atoms with Gasteiger partial charge in [0.25, 0.3) is 0 Å². The van der Waals surface area contributed by atoms with Crippen molar-refractivity contribution >= 4 is 27.3 Å². The quantitative estimate of drug-likeness (QED) is 0.871. The van der Waals surface area contributed by atoms with Gasteiger partial charge in [-0.15, -0.1) is 0 Å². The van der Waals surface area contributed by atoms with E-state index in [0.29, 0.717) is 24.5 Å². The smallest absolute Gasteiger partial charge is 0.328 e. The lowest BCUT2D eigenvalue weighted by atomic mass is 10.1. The van der Waals surface area contributed by atoms with Crippen LogP contribution in [0.25, 0.3) is 0 Å². The Hall–Kier alpha value is -2.16. The molecule has 0 unspecified atom stereocenters. The van der Waals surface area contributed by atoms with Crippen molar-refractivity contribution in [3.8, 4) is 0 Å². The van der Waals surface area contributed by atoms with Crippen molar-refractivity contribution in [3.05, 3.63) is 54.3 Å². The van der Waals surface area contributed by atoms with Crippen LogP contribution in [0.4, 0.5) is 21.5 Å². The van der Waals surface area contributed by atoms with Gasteiger partial charge in [0.15, 0.2) is 0 Å². The molecule has 0 bridgehead atoms. The highest BCUT2D eigenvalue weighted by Crippen LogP contribution is 2.45. The van der Waals surface area contributed by atoms with E-state index in [2.05, 4.69) is 4.90 Å². The molecule has 2 heterocycles. The number of para-hydroxylation sites is 3. The Bertz CT molecular complexity index is 929. The van der Waals surface area contributed by atoms with E-state index < -0.39 is 16.0 Å². The molecule has 2 aliphatic rings. The number of nitrogens with zero attached hydrogens (tertiary/aromatic N) is 3. The van der Waals surface area contributed by atoms with Gasteiger partial charge in [0, 0.05) is 19.1 Å². The maximum atomic E-state index is 14.4. The Balaban J connectivity index is 1.64.